The van der Waals surface area contributed by atoms with E-state index in [1.165, 1.54) is 0 Å². The SMILES string of the molecule is CC(NC(=O)[C@H]1NCCO[C@@H]1C)c1ncc(-c2ccccc2)o1. The predicted octanol–water partition coefficient (Wildman–Crippen LogP) is 1.90. The van der Waals surface area contributed by atoms with Crippen molar-refractivity contribution in [3.8, 4) is 11.3 Å². The number of oxazole rings is 1. The highest BCUT2D eigenvalue weighted by atomic mass is 16.5. The van der Waals surface area contributed by atoms with Crippen molar-refractivity contribution in [2.24, 2.45) is 0 Å². The predicted molar refractivity (Wildman–Crippen MR) is 85.7 cm³/mol. The molecule has 1 fully saturated rings. The summed E-state index contributed by atoms with van der Waals surface area (Å²) in [5.74, 6) is 1.07. The monoisotopic (exact) mass is 315 g/mol. The zero-order valence-corrected chi connectivity index (χ0v) is 13.3. The van der Waals surface area contributed by atoms with Crippen LogP contribution in [0.25, 0.3) is 11.3 Å². The maximum atomic E-state index is 12.3. The summed E-state index contributed by atoms with van der Waals surface area (Å²) in [5, 5.41) is 6.09. The number of nitrogens with zero attached hydrogens (tertiary/aromatic N) is 1. The van der Waals surface area contributed by atoms with Crippen LogP contribution in [0.4, 0.5) is 0 Å². The number of nitrogens with one attached hydrogen (secondary N) is 2. The molecule has 0 saturated carbocycles. The second-order valence-electron chi connectivity index (χ2n) is 5.67. The van der Waals surface area contributed by atoms with Crippen LogP contribution in [-0.4, -0.2) is 36.2 Å². The van der Waals surface area contributed by atoms with E-state index in [4.69, 9.17) is 9.15 Å². The lowest BCUT2D eigenvalue weighted by atomic mass is 10.1. The number of aromatic nitrogens is 1. The summed E-state index contributed by atoms with van der Waals surface area (Å²) in [4.78, 5) is 16.6. The number of rotatable bonds is 4. The number of benzene rings is 1. The van der Waals surface area contributed by atoms with Crippen LogP contribution in [0.5, 0.6) is 0 Å². The molecule has 1 saturated heterocycles. The smallest absolute Gasteiger partial charge is 0.240 e. The van der Waals surface area contributed by atoms with Crippen LogP contribution < -0.4 is 10.6 Å². The molecule has 3 rings (SSSR count). The van der Waals surface area contributed by atoms with Gasteiger partial charge >= 0.3 is 0 Å². The number of morpholine rings is 1. The molecule has 122 valence electrons. The molecule has 0 spiro atoms. The van der Waals surface area contributed by atoms with Crippen molar-refractivity contribution in [1.82, 2.24) is 15.6 Å². The third kappa shape index (κ3) is 3.60. The fourth-order valence-electron chi connectivity index (χ4n) is 2.62. The Morgan fingerprint density at radius 1 is 1.39 bits per heavy atom. The van der Waals surface area contributed by atoms with Gasteiger partial charge in [-0.2, -0.15) is 0 Å². The minimum atomic E-state index is -0.352. The summed E-state index contributed by atoms with van der Waals surface area (Å²) in [6, 6.07) is 9.09. The lowest BCUT2D eigenvalue weighted by Gasteiger charge is -2.29. The first-order valence-electron chi connectivity index (χ1n) is 7.81. The fourth-order valence-corrected chi connectivity index (χ4v) is 2.62. The Morgan fingerprint density at radius 3 is 2.91 bits per heavy atom. The molecule has 1 unspecified atom stereocenters. The Bertz CT molecular complexity index is 656. The number of hydrogen-bond donors (Lipinski definition) is 2. The van der Waals surface area contributed by atoms with Crippen LogP contribution in [0.15, 0.2) is 40.9 Å². The maximum Gasteiger partial charge on any atom is 0.240 e. The topological polar surface area (TPSA) is 76.4 Å². The Hall–Kier alpha value is -2.18. The Kier molecular flexibility index (Phi) is 4.73. The molecular weight excluding hydrogens is 294 g/mol. The van der Waals surface area contributed by atoms with E-state index in [-0.39, 0.29) is 24.1 Å². The van der Waals surface area contributed by atoms with Gasteiger partial charge in [0.1, 0.15) is 12.1 Å². The quantitative estimate of drug-likeness (QED) is 0.901. The summed E-state index contributed by atoms with van der Waals surface area (Å²) in [6.07, 6.45) is 1.53. The van der Waals surface area contributed by atoms with E-state index < -0.39 is 0 Å². The van der Waals surface area contributed by atoms with Crippen molar-refractivity contribution in [3.63, 3.8) is 0 Å². The van der Waals surface area contributed by atoms with Crippen molar-refractivity contribution in [2.75, 3.05) is 13.2 Å². The van der Waals surface area contributed by atoms with E-state index in [1.54, 1.807) is 6.20 Å². The normalized spacial score (nSPS) is 22.5. The second kappa shape index (κ2) is 6.93. The minimum Gasteiger partial charge on any atom is -0.438 e. The number of ether oxygens (including phenoxy) is 1. The maximum absolute atomic E-state index is 12.3. The molecule has 6 nitrogen and oxygen atoms in total. The van der Waals surface area contributed by atoms with Crippen molar-refractivity contribution < 1.29 is 13.9 Å². The Morgan fingerprint density at radius 2 is 2.17 bits per heavy atom. The van der Waals surface area contributed by atoms with Crippen molar-refractivity contribution in [3.05, 3.63) is 42.4 Å². The van der Waals surface area contributed by atoms with Gasteiger partial charge in [-0.3, -0.25) is 4.79 Å². The molecule has 2 aromatic rings. The first kappa shape index (κ1) is 15.7. The molecular formula is C17H21N3O3. The van der Waals surface area contributed by atoms with E-state index in [1.807, 2.05) is 44.2 Å². The van der Waals surface area contributed by atoms with Crippen LogP contribution in [0, 0.1) is 0 Å². The fraction of sp³-hybridized carbons (Fsp3) is 0.412. The second-order valence-corrected chi connectivity index (χ2v) is 5.67. The van der Waals surface area contributed by atoms with Gasteiger partial charge in [-0.1, -0.05) is 30.3 Å². The highest BCUT2D eigenvalue weighted by molar-refractivity contribution is 5.82. The largest absolute Gasteiger partial charge is 0.438 e. The zero-order chi connectivity index (χ0) is 16.2. The molecule has 23 heavy (non-hydrogen) atoms. The van der Waals surface area contributed by atoms with E-state index in [0.717, 1.165) is 5.56 Å². The molecule has 3 atom stereocenters. The van der Waals surface area contributed by atoms with Crippen molar-refractivity contribution >= 4 is 5.91 Å². The molecule has 6 heteroatoms. The van der Waals surface area contributed by atoms with Crippen molar-refractivity contribution in [1.29, 1.82) is 0 Å². The molecule has 0 bridgehead atoms. The van der Waals surface area contributed by atoms with Crippen LogP contribution >= 0.6 is 0 Å². The highest BCUT2D eigenvalue weighted by Crippen LogP contribution is 2.22. The average molecular weight is 315 g/mol. The molecule has 1 aromatic heterocycles. The van der Waals surface area contributed by atoms with Crippen molar-refractivity contribution in [2.45, 2.75) is 32.0 Å². The zero-order valence-electron chi connectivity index (χ0n) is 13.3. The van der Waals surface area contributed by atoms with Crippen LogP contribution in [0.3, 0.4) is 0 Å². The van der Waals surface area contributed by atoms with Crippen LogP contribution in [0.2, 0.25) is 0 Å². The highest BCUT2D eigenvalue weighted by Gasteiger charge is 2.29. The molecule has 0 radical (unpaired) electrons. The van der Waals surface area contributed by atoms with Gasteiger partial charge in [-0.15, -0.1) is 0 Å². The lowest BCUT2D eigenvalue weighted by Crippen LogP contribution is -2.55. The van der Waals surface area contributed by atoms with E-state index in [0.29, 0.717) is 24.8 Å². The van der Waals surface area contributed by atoms with E-state index in [9.17, 15) is 4.79 Å². The summed E-state index contributed by atoms with van der Waals surface area (Å²) in [7, 11) is 0. The number of hydrogen-bond acceptors (Lipinski definition) is 5. The van der Waals surface area contributed by atoms with Gasteiger partial charge in [-0.25, -0.2) is 4.98 Å². The Balaban J connectivity index is 1.65. The summed E-state index contributed by atoms with van der Waals surface area (Å²) in [5.41, 5.74) is 0.959. The molecule has 1 aromatic carbocycles. The van der Waals surface area contributed by atoms with E-state index in [2.05, 4.69) is 15.6 Å². The molecule has 0 aliphatic carbocycles. The standard InChI is InChI=1S/C17H21N3O3/c1-11(20-16(21)15-12(2)22-9-8-18-15)17-19-10-14(23-17)13-6-4-3-5-7-13/h3-7,10-12,15,18H,8-9H2,1-2H3,(H,20,21)/t11?,12-,15+/m1/s1. The van der Waals surface area contributed by atoms with Gasteiger partial charge in [0.05, 0.1) is 18.9 Å². The van der Waals surface area contributed by atoms with Gasteiger partial charge in [0, 0.05) is 12.1 Å². The summed E-state index contributed by atoms with van der Waals surface area (Å²) >= 11 is 0. The number of carbonyl (C=O) groups excluding carboxylic acids is 1. The lowest BCUT2D eigenvalue weighted by molar-refractivity contribution is -0.129. The average Bonchev–Trinajstić information content (AvgIpc) is 3.06. The first-order valence-corrected chi connectivity index (χ1v) is 7.81. The van der Waals surface area contributed by atoms with Gasteiger partial charge in [0.25, 0.3) is 0 Å². The number of carbonyl (C=O) groups is 1. The van der Waals surface area contributed by atoms with Gasteiger partial charge < -0.3 is 19.8 Å². The third-order valence-electron chi connectivity index (χ3n) is 3.91. The molecule has 1 aliphatic heterocycles. The molecule has 2 N–H and O–H groups in total. The van der Waals surface area contributed by atoms with E-state index >= 15 is 0 Å². The first-order chi connectivity index (χ1) is 11.1. The molecule has 1 amide bonds. The number of amides is 1. The molecule has 2 heterocycles. The minimum absolute atomic E-state index is 0.107. The summed E-state index contributed by atoms with van der Waals surface area (Å²) < 4.78 is 11.3. The van der Waals surface area contributed by atoms with Crippen LogP contribution in [-0.2, 0) is 9.53 Å². The van der Waals surface area contributed by atoms with Gasteiger partial charge in [0.2, 0.25) is 11.8 Å². The van der Waals surface area contributed by atoms with Gasteiger partial charge in [0.15, 0.2) is 5.76 Å². The Labute approximate surface area is 135 Å². The molecule has 1 aliphatic rings. The third-order valence-corrected chi connectivity index (χ3v) is 3.91. The summed E-state index contributed by atoms with van der Waals surface area (Å²) in [6.45, 7) is 5.04. The van der Waals surface area contributed by atoms with Gasteiger partial charge in [-0.05, 0) is 13.8 Å². The van der Waals surface area contributed by atoms with Crippen LogP contribution in [0.1, 0.15) is 25.8 Å².